The van der Waals surface area contributed by atoms with Gasteiger partial charge in [0.1, 0.15) is 6.20 Å². The number of imidazole rings is 1. The number of unbranched alkanes of at least 4 members (excludes halogenated alkanes) is 1. The largest absolute Gasteiger partial charge is 0.257 e. The molecule has 0 bridgehead atoms. The summed E-state index contributed by atoms with van der Waals surface area (Å²) in [5.74, 6) is 1.44. The molecule has 106 valence electrons. The summed E-state index contributed by atoms with van der Waals surface area (Å²) < 4.78 is 4.84. The van der Waals surface area contributed by atoms with Crippen LogP contribution in [0.5, 0.6) is 0 Å². The van der Waals surface area contributed by atoms with Crippen LogP contribution in [-0.2, 0) is 19.5 Å². The van der Waals surface area contributed by atoms with Crippen LogP contribution in [0.3, 0.4) is 0 Å². The van der Waals surface area contributed by atoms with E-state index < -0.39 is 0 Å². The van der Waals surface area contributed by atoms with Gasteiger partial charge in [0, 0.05) is 5.56 Å². The summed E-state index contributed by atoms with van der Waals surface area (Å²) in [6.45, 7) is 4.44. The number of aromatic nitrogens is 2. The third kappa shape index (κ3) is 2.47. The standard InChI is InChI=1S/C16H19Cl2N2/c1-2-3-8-19-11-15(20-9-4-5-16(19)20)12-6-7-13(17)14(18)10-12/h6-7,10-11H,2-5,8-9H2,1H3/q+1. The molecule has 2 aromatic rings. The molecule has 1 aromatic carbocycles. The van der Waals surface area contributed by atoms with Crippen LogP contribution in [0.4, 0.5) is 0 Å². The second-order valence-corrected chi connectivity index (χ2v) is 6.18. The molecule has 2 nitrogen and oxygen atoms in total. The molecule has 0 saturated heterocycles. The number of hydrogen-bond donors (Lipinski definition) is 0. The molecule has 0 aliphatic carbocycles. The predicted molar refractivity (Wildman–Crippen MR) is 83.3 cm³/mol. The van der Waals surface area contributed by atoms with E-state index in [0.29, 0.717) is 10.0 Å². The zero-order chi connectivity index (χ0) is 14.1. The summed E-state index contributed by atoms with van der Waals surface area (Å²) in [6, 6.07) is 5.90. The maximum atomic E-state index is 6.16. The zero-order valence-corrected chi connectivity index (χ0v) is 13.2. The van der Waals surface area contributed by atoms with Crippen molar-refractivity contribution in [3.63, 3.8) is 0 Å². The first kappa shape index (κ1) is 14.0. The van der Waals surface area contributed by atoms with Gasteiger partial charge in [0.05, 0.1) is 29.6 Å². The van der Waals surface area contributed by atoms with Crippen molar-refractivity contribution >= 4 is 23.2 Å². The van der Waals surface area contributed by atoms with Crippen LogP contribution >= 0.6 is 23.2 Å². The summed E-state index contributed by atoms with van der Waals surface area (Å²) in [7, 11) is 0. The van der Waals surface area contributed by atoms with E-state index in [1.807, 2.05) is 12.1 Å². The highest BCUT2D eigenvalue weighted by atomic mass is 35.5. The fourth-order valence-corrected chi connectivity index (χ4v) is 3.22. The van der Waals surface area contributed by atoms with Gasteiger partial charge in [0.15, 0.2) is 5.69 Å². The molecule has 0 saturated carbocycles. The molecule has 0 radical (unpaired) electrons. The summed E-state index contributed by atoms with van der Waals surface area (Å²) >= 11 is 12.2. The van der Waals surface area contributed by atoms with E-state index in [1.165, 1.54) is 37.2 Å². The highest BCUT2D eigenvalue weighted by Crippen LogP contribution is 2.30. The molecule has 0 atom stereocenters. The molecule has 1 aromatic heterocycles. The first-order valence-electron chi connectivity index (χ1n) is 7.28. The average Bonchev–Trinajstić information content (AvgIpc) is 3.02. The van der Waals surface area contributed by atoms with Crippen molar-refractivity contribution in [1.29, 1.82) is 0 Å². The molecule has 1 aliphatic rings. The first-order valence-corrected chi connectivity index (χ1v) is 8.03. The van der Waals surface area contributed by atoms with Gasteiger partial charge in [0.25, 0.3) is 5.82 Å². The van der Waals surface area contributed by atoms with Gasteiger partial charge in [-0.2, -0.15) is 0 Å². The Morgan fingerprint density at radius 2 is 2.10 bits per heavy atom. The summed E-state index contributed by atoms with van der Waals surface area (Å²) in [5, 5.41) is 1.24. The Kier molecular flexibility index (Phi) is 4.04. The van der Waals surface area contributed by atoms with Gasteiger partial charge in [-0.3, -0.25) is 0 Å². The Labute approximate surface area is 129 Å². The zero-order valence-electron chi connectivity index (χ0n) is 11.7. The average molecular weight is 310 g/mol. The minimum absolute atomic E-state index is 0.613. The molecule has 0 unspecified atom stereocenters. The van der Waals surface area contributed by atoms with Crippen LogP contribution in [0.15, 0.2) is 24.4 Å². The van der Waals surface area contributed by atoms with Gasteiger partial charge in [-0.05, 0) is 31.0 Å². The molecular weight excluding hydrogens is 291 g/mol. The molecule has 3 rings (SSSR count). The van der Waals surface area contributed by atoms with Crippen LogP contribution in [0.1, 0.15) is 32.0 Å². The van der Waals surface area contributed by atoms with Crippen molar-refractivity contribution in [3.05, 3.63) is 40.3 Å². The maximum Gasteiger partial charge on any atom is 0.257 e. The van der Waals surface area contributed by atoms with Gasteiger partial charge in [-0.1, -0.05) is 36.5 Å². The van der Waals surface area contributed by atoms with Crippen molar-refractivity contribution < 1.29 is 4.57 Å². The van der Waals surface area contributed by atoms with Crippen molar-refractivity contribution in [2.24, 2.45) is 0 Å². The van der Waals surface area contributed by atoms with E-state index in [0.717, 1.165) is 18.7 Å². The Balaban J connectivity index is 2.03. The normalized spacial score (nSPS) is 13.8. The monoisotopic (exact) mass is 309 g/mol. The number of rotatable bonds is 4. The van der Waals surface area contributed by atoms with Crippen molar-refractivity contribution in [2.45, 2.75) is 45.7 Å². The molecule has 0 amide bonds. The quantitative estimate of drug-likeness (QED) is 0.736. The molecule has 2 heterocycles. The van der Waals surface area contributed by atoms with Crippen LogP contribution in [0.25, 0.3) is 11.3 Å². The maximum absolute atomic E-state index is 6.16. The number of nitrogens with zero attached hydrogens (tertiary/aromatic N) is 2. The number of fused-ring (bicyclic) bond motifs is 1. The third-order valence-corrected chi connectivity index (χ3v) is 4.70. The Morgan fingerprint density at radius 3 is 2.85 bits per heavy atom. The molecule has 0 spiro atoms. The van der Waals surface area contributed by atoms with Crippen molar-refractivity contribution in [1.82, 2.24) is 4.57 Å². The highest BCUT2D eigenvalue weighted by Gasteiger charge is 2.28. The van der Waals surface area contributed by atoms with E-state index in [9.17, 15) is 0 Å². The van der Waals surface area contributed by atoms with E-state index in [2.05, 4.69) is 28.3 Å². The Hall–Kier alpha value is -0.990. The van der Waals surface area contributed by atoms with Crippen LogP contribution in [-0.4, -0.2) is 4.57 Å². The SMILES string of the molecule is CCCC[n+]1cc(-c2ccc(Cl)c(Cl)c2)n2c1CCC2. The minimum atomic E-state index is 0.613. The molecular formula is C16H19Cl2N2+. The molecule has 0 N–H and O–H groups in total. The number of aryl methyl sites for hydroxylation is 1. The van der Waals surface area contributed by atoms with Gasteiger partial charge >= 0.3 is 0 Å². The van der Waals surface area contributed by atoms with E-state index >= 15 is 0 Å². The summed E-state index contributed by atoms with van der Waals surface area (Å²) in [5.41, 5.74) is 2.41. The highest BCUT2D eigenvalue weighted by molar-refractivity contribution is 6.42. The van der Waals surface area contributed by atoms with E-state index in [1.54, 1.807) is 0 Å². The number of hydrogen-bond acceptors (Lipinski definition) is 0. The molecule has 0 fully saturated rings. The van der Waals surface area contributed by atoms with Gasteiger partial charge < -0.3 is 0 Å². The molecule has 20 heavy (non-hydrogen) atoms. The summed E-state index contributed by atoms with van der Waals surface area (Å²) in [6.07, 6.45) is 7.12. The second kappa shape index (κ2) is 5.79. The number of halogens is 2. The lowest BCUT2D eigenvalue weighted by atomic mass is 10.1. The van der Waals surface area contributed by atoms with E-state index in [4.69, 9.17) is 23.2 Å². The number of benzene rings is 1. The fraction of sp³-hybridized carbons (Fsp3) is 0.438. The molecule has 4 heteroatoms. The lowest BCUT2D eigenvalue weighted by Crippen LogP contribution is -2.35. The Bertz CT molecular complexity index is 632. The van der Waals surface area contributed by atoms with Crippen LogP contribution < -0.4 is 4.57 Å². The topological polar surface area (TPSA) is 8.81 Å². The first-order chi connectivity index (χ1) is 9.70. The third-order valence-electron chi connectivity index (χ3n) is 3.96. The van der Waals surface area contributed by atoms with Crippen molar-refractivity contribution in [2.75, 3.05) is 0 Å². The lowest BCUT2D eigenvalue weighted by Gasteiger charge is -2.01. The van der Waals surface area contributed by atoms with Gasteiger partial charge in [-0.15, -0.1) is 0 Å². The second-order valence-electron chi connectivity index (χ2n) is 5.36. The lowest BCUT2D eigenvalue weighted by molar-refractivity contribution is -0.703. The van der Waals surface area contributed by atoms with Gasteiger partial charge in [-0.25, -0.2) is 9.13 Å². The van der Waals surface area contributed by atoms with Crippen molar-refractivity contribution in [3.8, 4) is 11.3 Å². The van der Waals surface area contributed by atoms with Crippen LogP contribution in [0.2, 0.25) is 10.0 Å². The minimum Gasteiger partial charge on any atom is -0.234 e. The van der Waals surface area contributed by atoms with E-state index in [-0.39, 0.29) is 0 Å². The fourth-order valence-electron chi connectivity index (χ4n) is 2.92. The smallest absolute Gasteiger partial charge is 0.234 e. The predicted octanol–water partition coefficient (Wildman–Crippen LogP) is 4.50. The Morgan fingerprint density at radius 1 is 1.25 bits per heavy atom. The van der Waals surface area contributed by atoms with Gasteiger partial charge in [0.2, 0.25) is 0 Å². The molecule has 1 aliphatic heterocycles. The summed E-state index contributed by atoms with van der Waals surface area (Å²) in [4.78, 5) is 0. The van der Waals surface area contributed by atoms with Crippen LogP contribution in [0, 0.1) is 0 Å².